The highest BCUT2D eigenvalue weighted by Crippen LogP contribution is 2.29. The van der Waals surface area contributed by atoms with Crippen LogP contribution in [0.3, 0.4) is 0 Å². The molecular formula is C20H32O2. The molecule has 1 unspecified atom stereocenters. The van der Waals surface area contributed by atoms with Gasteiger partial charge in [-0.05, 0) is 44.4 Å². The van der Waals surface area contributed by atoms with E-state index in [0.29, 0.717) is 0 Å². The van der Waals surface area contributed by atoms with Crippen molar-refractivity contribution in [1.82, 2.24) is 0 Å². The molecule has 1 rings (SSSR count). The van der Waals surface area contributed by atoms with Crippen LogP contribution >= 0.6 is 0 Å². The Morgan fingerprint density at radius 3 is 2.50 bits per heavy atom. The van der Waals surface area contributed by atoms with Crippen LogP contribution in [-0.4, -0.2) is 12.1 Å². The second-order valence-electron chi connectivity index (χ2n) is 6.38. The molecule has 1 fully saturated rings. The Hall–Kier alpha value is -1.31. The van der Waals surface area contributed by atoms with Crippen LogP contribution in [0, 0.1) is 11.8 Å². The summed E-state index contributed by atoms with van der Waals surface area (Å²) in [5, 5.41) is 0. The van der Waals surface area contributed by atoms with Crippen molar-refractivity contribution in [2.45, 2.75) is 71.8 Å². The van der Waals surface area contributed by atoms with Gasteiger partial charge < -0.3 is 4.74 Å². The Morgan fingerprint density at radius 1 is 1.27 bits per heavy atom. The zero-order chi connectivity index (χ0) is 16.4. The van der Waals surface area contributed by atoms with Crippen LogP contribution < -0.4 is 0 Å². The fraction of sp³-hybridized carbons (Fsp3) is 0.650. The summed E-state index contributed by atoms with van der Waals surface area (Å²) in [6.45, 7) is 10.0. The van der Waals surface area contributed by atoms with Crippen molar-refractivity contribution in [2.75, 3.05) is 0 Å². The normalized spacial score (nSPS) is 24.2. The molecule has 22 heavy (non-hydrogen) atoms. The molecule has 0 aromatic heterocycles. The third-order valence-corrected chi connectivity index (χ3v) is 4.51. The number of hydrogen-bond acceptors (Lipinski definition) is 2. The van der Waals surface area contributed by atoms with Gasteiger partial charge in [-0.15, -0.1) is 0 Å². The topological polar surface area (TPSA) is 26.3 Å². The molecule has 2 nitrogen and oxygen atoms in total. The van der Waals surface area contributed by atoms with Crippen LogP contribution in [0.1, 0.15) is 65.7 Å². The number of rotatable bonds is 8. The summed E-state index contributed by atoms with van der Waals surface area (Å²) < 4.78 is 5.72. The van der Waals surface area contributed by atoms with Crippen molar-refractivity contribution in [3.8, 4) is 0 Å². The Morgan fingerprint density at radius 2 is 1.95 bits per heavy atom. The van der Waals surface area contributed by atoms with Gasteiger partial charge in [0.2, 0.25) is 0 Å². The van der Waals surface area contributed by atoms with Crippen LogP contribution in [0.25, 0.3) is 0 Å². The number of esters is 1. The van der Waals surface area contributed by atoms with E-state index in [1.165, 1.54) is 24.8 Å². The summed E-state index contributed by atoms with van der Waals surface area (Å²) >= 11 is 0. The van der Waals surface area contributed by atoms with Crippen LogP contribution in [0.2, 0.25) is 0 Å². The molecule has 0 spiro atoms. The molecule has 0 saturated heterocycles. The molecule has 0 aromatic carbocycles. The average Bonchev–Trinajstić information content (AvgIpc) is 2.53. The van der Waals surface area contributed by atoms with Crippen molar-refractivity contribution in [3.63, 3.8) is 0 Å². The molecule has 0 aromatic rings. The highest BCUT2D eigenvalue weighted by molar-refractivity contribution is 5.72. The summed E-state index contributed by atoms with van der Waals surface area (Å²) in [4.78, 5) is 12.3. The fourth-order valence-electron chi connectivity index (χ4n) is 3.05. The van der Waals surface area contributed by atoms with Gasteiger partial charge in [-0.3, -0.25) is 4.79 Å². The van der Waals surface area contributed by atoms with Crippen LogP contribution in [0.5, 0.6) is 0 Å². The zero-order valence-corrected chi connectivity index (χ0v) is 14.5. The average molecular weight is 304 g/mol. The molecule has 0 bridgehead atoms. The van der Waals surface area contributed by atoms with Gasteiger partial charge in [-0.1, -0.05) is 63.6 Å². The molecule has 1 aliphatic carbocycles. The van der Waals surface area contributed by atoms with Crippen molar-refractivity contribution >= 4 is 5.97 Å². The largest absolute Gasteiger partial charge is 0.462 e. The first-order valence-corrected chi connectivity index (χ1v) is 8.79. The van der Waals surface area contributed by atoms with E-state index in [-0.39, 0.29) is 18.0 Å². The molecular weight excluding hydrogens is 272 g/mol. The molecule has 1 saturated carbocycles. The molecule has 0 N–H and O–H groups in total. The summed E-state index contributed by atoms with van der Waals surface area (Å²) in [5.41, 5.74) is 1.18. The smallest absolute Gasteiger partial charge is 0.309 e. The standard InChI is InChI=1S/C20H32O2/c1-5-8-10-18(9-6-2)15-16(4)20(21)22-19-13-11-17(7-3)12-14-19/h5,8-10,16-17,19H,1,6-7,11-15H2,2-4H3/b10-8-,18-9+. The third kappa shape index (κ3) is 6.64. The van der Waals surface area contributed by atoms with Gasteiger partial charge in [-0.25, -0.2) is 0 Å². The van der Waals surface area contributed by atoms with E-state index in [1.54, 1.807) is 6.08 Å². The second kappa shape index (κ2) is 10.4. The minimum absolute atomic E-state index is 0.0473. The number of carbonyl (C=O) groups excluding carboxylic acids is 1. The van der Waals surface area contributed by atoms with Gasteiger partial charge in [0.05, 0.1) is 5.92 Å². The number of allylic oxidation sites excluding steroid dienone is 5. The Balaban J connectivity index is 2.45. The summed E-state index contributed by atoms with van der Waals surface area (Å²) in [6.07, 6.45) is 15.4. The van der Waals surface area contributed by atoms with E-state index in [4.69, 9.17) is 4.74 Å². The minimum atomic E-state index is -0.0869. The van der Waals surface area contributed by atoms with Crippen molar-refractivity contribution in [2.24, 2.45) is 11.8 Å². The number of carbonyl (C=O) groups is 1. The van der Waals surface area contributed by atoms with E-state index in [2.05, 4.69) is 26.5 Å². The summed E-state index contributed by atoms with van der Waals surface area (Å²) in [7, 11) is 0. The van der Waals surface area contributed by atoms with E-state index in [0.717, 1.165) is 31.6 Å². The molecule has 0 radical (unpaired) electrons. The SMILES string of the molecule is C=C/C=C\C(=C/CC)CC(C)C(=O)OC1CCC(CC)CC1. The van der Waals surface area contributed by atoms with Crippen molar-refractivity contribution in [1.29, 1.82) is 0 Å². The lowest BCUT2D eigenvalue weighted by Gasteiger charge is -2.28. The molecule has 124 valence electrons. The van der Waals surface area contributed by atoms with Crippen LogP contribution in [0.4, 0.5) is 0 Å². The van der Waals surface area contributed by atoms with E-state index in [1.807, 2.05) is 19.1 Å². The first-order chi connectivity index (χ1) is 10.6. The monoisotopic (exact) mass is 304 g/mol. The van der Waals surface area contributed by atoms with Gasteiger partial charge in [-0.2, -0.15) is 0 Å². The van der Waals surface area contributed by atoms with Gasteiger partial charge in [0.1, 0.15) is 6.10 Å². The highest BCUT2D eigenvalue weighted by Gasteiger charge is 2.25. The lowest BCUT2D eigenvalue weighted by atomic mass is 9.86. The Kier molecular flexibility index (Phi) is 8.88. The minimum Gasteiger partial charge on any atom is -0.462 e. The predicted molar refractivity (Wildman–Crippen MR) is 93.6 cm³/mol. The maximum absolute atomic E-state index is 12.3. The second-order valence-corrected chi connectivity index (χ2v) is 6.38. The van der Waals surface area contributed by atoms with Gasteiger partial charge >= 0.3 is 5.97 Å². The first-order valence-electron chi connectivity index (χ1n) is 8.79. The maximum Gasteiger partial charge on any atom is 0.309 e. The molecule has 0 amide bonds. The van der Waals surface area contributed by atoms with E-state index >= 15 is 0 Å². The zero-order valence-electron chi connectivity index (χ0n) is 14.5. The van der Waals surface area contributed by atoms with Gasteiger partial charge in [0.15, 0.2) is 0 Å². The Bertz CT molecular complexity index is 398. The molecule has 2 heteroatoms. The van der Waals surface area contributed by atoms with Crippen molar-refractivity contribution < 1.29 is 9.53 Å². The first kappa shape index (κ1) is 18.7. The van der Waals surface area contributed by atoms with E-state index in [9.17, 15) is 4.79 Å². The Labute approximate surface area is 136 Å². The lowest BCUT2D eigenvalue weighted by Crippen LogP contribution is -2.27. The maximum atomic E-state index is 12.3. The third-order valence-electron chi connectivity index (χ3n) is 4.51. The van der Waals surface area contributed by atoms with Crippen molar-refractivity contribution in [3.05, 3.63) is 36.5 Å². The fourth-order valence-corrected chi connectivity index (χ4v) is 3.05. The molecule has 0 aliphatic heterocycles. The van der Waals surface area contributed by atoms with Gasteiger partial charge in [0.25, 0.3) is 0 Å². The van der Waals surface area contributed by atoms with Crippen LogP contribution in [-0.2, 0) is 9.53 Å². The summed E-state index contributed by atoms with van der Waals surface area (Å²) in [6, 6.07) is 0. The highest BCUT2D eigenvalue weighted by atomic mass is 16.5. The molecule has 0 heterocycles. The number of hydrogen-bond donors (Lipinski definition) is 0. The van der Waals surface area contributed by atoms with Crippen LogP contribution in [0.15, 0.2) is 36.5 Å². The predicted octanol–water partition coefficient (Wildman–Crippen LogP) is 5.60. The van der Waals surface area contributed by atoms with Gasteiger partial charge in [0, 0.05) is 0 Å². The summed E-state index contributed by atoms with van der Waals surface area (Å²) in [5.74, 6) is 0.695. The number of ether oxygens (including phenoxy) is 1. The molecule has 1 aliphatic rings. The quantitative estimate of drug-likeness (QED) is 0.431. The molecule has 1 atom stereocenters. The lowest BCUT2D eigenvalue weighted by molar-refractivity contribution is -0.155. The van der Waals surface area contributed by atoms with E-state index < -0.39 is 0 Å².